The molecule has 0 saturated carbocycles. The van der Waals surface area contributed by atoms with E-state index in [1.165, 1.54) is 6.08 Å². The third kappa shape index (κ3) is 4.12. The van der Waals surface area contributed by atoms with E-state index in [1.807, 2.05) is 0 Å². The summed E-state index contributed by atoms with van der Waals surface area (Å²) < 4.78 is 29.2. The van der Waals surface area contributed by atoms with Gasteiger partial charge >= 0.3 is 0 Å². The molecule has 0 bridgehead atoms. The highest BCUT2D eigenvalue weighted by Gasteiger charge is 1.99. The maximum atomic E-state index is 12.9. The molecule has 1 aromatic carbocycles. The Morgan fingerprint density at radius 1 is 1.50 bits per heavy atom. The van der Waals surface area contributed by atoms with E-state index in [0.717, 1.165) is 0 Å². The average Bonchev–Trinajstić information content (AvgIpc) is 2.27. The molecule has 0 aliphatic carbocycles. The van der Waals surface area contributed by atoms with Crippen molar-refractivity contribution in [2.75, 3.05) is 19.4 Å². The molecular weight excluding hydrogens is 229 g/mol. The minimum Gasteiger partial charge on any atom is -0.487 e. The fraction of sp³-hybridized carbons (Fsp3) is 0.273. The largest absolute Gasteiger partial charge is 0.487 e. The fourth-order valence-corrected chi connectivity index (χ4v) is 1.59. The van der Waals surface area contributed by atoms with Crippen LogP contribution in [0.2, 0.25) is 0 Å². The topological polar surface area (TPSA) is 52.3 Å². The fourth-order valence-electron chi connectivity index (χ4n) is 1.07. The van der Waals surface area contributed by atoms with Crippen LogP contribution in [-0.4, -0.2) is 23.6 Å². The van der Waals surface area contributed by atoms with Crippen molar-refractivity contribution in [1.82, 2.24) is 0 Å². The van der Waals surface area contributed by atoms with Gasteiger partial charge in [0, 0.05) is 28.5 Å². The van der Waals surface area contributed by atoms with Crippen molar-refractivity contribution >= 4 is 10.8 Å². The van der Waals surface area contributed by atoms with Gasteiger partial charge in [-0.05, 0) is 30.3 Å². The Morgan fingerprint density at radius 3 is 2.62 bits per heavy atom. The zero-order valence-electron chi connectivity index (χ0n) is 8.98. The molecule has 0 aliphatic heterocycles. The molecule has 1 rings (SSSR count). The van der Waals surface area contributed by atoms with Crippen LogP contribution in [0, 0.1) is 0 Å². The highest BCUT2D eigenvalue weighted by Crippen LogP contribution is 2.15. The number of rotatable bonds is 5. The van der Waals surface area contributed by atoms with E-state index in [0.29, 0.717) is 10.6 Å². The molecule has 0 aromatic heterocycles. The number of ether oxygens (including phenoxy) is 1. The highest BCUT2D eigenvalue weighted by atomic mass is 32.2. The summed E-state index contributed by atoms with van der Waals surface area (Å²) in [5.74, 6) is 0.139. The molecule has 5 heteroatoms. The van der Waals surface area contributed by atoms with Crippen LogP contribution in [0.3, 0.4) is 0 Å². The summed E-state index contributed by atoms with van der Waals surface area (Å²) in [4.78, 5) is 0.713. The Kier molecular flexibility index (Phi) is 5.14. The van der Waals surface area contributed by atoms with Gasteiger partial charge in [-0.15, -0.1) is 0 Å². The Bertz CT molecular complexity index is 389. The minimum atomic E-state index is -1.01. The van der Waals surface area contributed by atoms with Crippen molar-refractivity contribution in [3.63, 3.8) is 0 Å². The monoisotopic (exact) mass is 243 g/mol. The van der Waals surface area contributed by atoms with E-state index in [-0.39, 0.29) is 13.2 Å². The first-order valence-corrected chi connectivity index (χ1v) is 6.30. The third-order valence-corrected chi connectivity index (χ3v) is 2.81. The predicted molar refractivity (Wildman–Crippen MR) is 62.5 cm³/mol. The van der Waals surface area contributed by atoms with Gasteiger partial charge in [0.2, 0.25) is 0 Å². The van der Waals surface area contributed by atoms with Crippen LogP contribution in [0.25, 0.3) is 0 Å². The normalized spacial score (nSPS) is 13.6. The van der Waals surface area contributed by atoms with Crippen LogP contribution in [0.1, 0.15) is 0 Å². The Hall–Kier alpha value is -1.20. The zero-order chi connectivity index (χ0) is 12.0. The molecule has 0 radical (unpaired) electrons. The van der Waals surface area contributed by atoms with Gasteiger partial charge in [-0.3, -0.25) is 4.21 Å². The minimum absolute atomic E-state index is 0.133. The molecule has 1 unspecified atom stereocenters. The molecule has 1 atom stereocenters. The lowest BCUT2D eigenvalue weighted by molar-refractivity contribution is 0.318. The van der Waals surface area contributed by atoms with Crippen molar-refractivity contribution in [3.05, 3.63) is 36.2 Å². The van der Waals surface area contributed by atoms with E-state index in [9.17, 15) is 8.60 Å². The lowest BCUT2D eigenvalue weighted by Crippen LogP contribution is -2.01. The number of hydrogen-bond donors (Lipinski definition) is 1. The Morgan fingerprint density at radius 2 is 2.12 bits per heavy atom. The second-order valence-electron chi connectivity index (χ2n) is 3.10. The van der Waals surface area contributed by atoms with Crippen molar-refractivity contribution in [2.24, 2.45) is 5.73 Å². The van der Waals surface area contributed by atoms with Crippen molar-refractivity contribution in [2.45, 2.75) is 4.90 Å². The molecule has 0 amide bonds. The zero-order valence-corrected chi connectivity index (χ0v) is 9.80. The summed E-state index contributed by atoms with van der Waals surface area (Å²) in [6.07, 6.45) is 2.86. The molecule has 1 aromatic rings. The first kappa shape index (κ1) is 12.9. The second-order valence-corrected chi connectivity index (χ2v) is 4.48. The molecule has 0 spiro atoms. The molecule has 0 fully saturated rings. The van der Waals surface area contributed by atoms with Gasteiger partial charge in [-0.1, -0.05) is 0 Å². The van der Waals surface area contributed by atoms with E-state index in [1.54, 1.807) is 30.5 Å². The molecule has 16 heavy (non-hydrogen) atoms. The molecule has 2 N–H and O–H groups in total. The SMILES string of the molecule is CS(=O)c1ccc(OC/C(F)=C\CN)cc1. The molecule has 3 nitrogen and oxygen atoms in total. The quantitative estimate of drug-likeness (QED) is 0.855. The second kappa shape index (κ2) is 6.40. The summed E-state index contributed by atoms with van der Waals surface area (Å²) in [5.41, 5.74) is 5.15. The Balaban J connectivity index is 2.56. The van der Waals surface area contributed by atoms with E-state index < -0.39 is 16.6 Å². The van der Waals surface area contributed by atoms with E-state index >= 15 is 0 Å². The number of hydrogen-bond acceptors (Lipinski definition) is 3. The number of nitrogens with two attached hydrogens (primary N) is 1. The summed E-state index contributed by atoms with van der Waals surface area (Å²) in [7, 11) is -1.01. The van der Waals surface area contributed by atoms with Gasteiger partial charge in [0.25, 0.3) is 0 Å². The predicted octanol–water partition coefficient (Wildman–Crippen LogP) is 1.61. The van der Waals surface area contributed by atoms with Crippen LogP contribution in [0.5, 0.6) is 5.75 Å². The molecule has 0 heterocycles. The highest BCUT2D eigenvalue weighted by molar-refractivity contribution is 7.84. The summed E-state index contributed by atoms with van der Waals surface area (Å²) in [6, 6.07) is 6.70. The number of halogens is 1. The standard InChI is InChI=1S/C11H14FNO2S/c1-16(14)11-4-2-10(3-5-11)15-8-9(12)6-7-13/h2-6H,7-8,13H2,1H3/b9-6+. The van der Waals surface area contributed by atoms with Crippen LogP contribution >= 0.6 is 0 Å². The van der Waals surface area contributed by atoms with Gasteiger partial charge in [0.15, 0.2) is 0 Å². The maximum Gasteiger partial charge on any atom is 0.139 e. The molecule has 0 saturated heterocycles. The number of benzene rings is 1. The van der Waals surface area contributed by atoms with Gasteiger partial charge < -0.3 is 10.5 Å². The molecule has 0 aliphatic rings. The van der Waals surface area contributed by atoms with Crippen molar-refractivity contribution in [3.8, 4) is 5.75 Å². The van der Waals surface area contributed by atoms with Crippen LogP contribution in [0.4, 0.5) is 4.39 Å². The average molecular weight is 243 g/mol. The Labute approximate surface area is 96.6 Å². The van der Waals surface area contributed by atoms with Gasteiger partial charge in [0.1, 0.15) is 18.2 Å². The summed E-state index contributed by atoms with van der Waals surface area (Å²) in [6.45, 7) is 0.0225. The van der Waals surface area contributed by atoms with Gasteiger partial charge in [-0.2, -0.15) is 0 Å². The van der Waals surface area contributed by atoms with E-state index in [2.05, 4.69) is 0 Å². The summed E-state index contributed by atoms with van der Waals surface area (Å²) >= 11 is 0. The van der Waals surface area contributed by atoms with Gasteiger partial charge in [-0.25, -0.2) is 4.39 Å². The van der Waals surface area contributed by atoms with Gasteiger partial charge in [0.05, 0.1) is 0 Å². The molecule has 88 valence electrons. The third-order valence-electron chi connectivity index (χ3n) is 1.87. The van der Waals surface area contributed by atoms with Crippen molar-refractivity contribution in [1.29, 1.82) is 0 Å². The first-order valence-electron chi connectivity index (χ1n) is 4.74. The van der Waals surface area contributed by atoms with Crippen LogP contribution in [-0.2, 0) is 10.8 Å². The maximum absolute atomic E-state index is 12.9. The van der Waals surface area contributed by atoms with Crippen molar-refractivity contribution < 1.29 is 13.3 Å². The van der Waals surface area contributed by atoms with E-state index in [4.69, 9.17) is 10.5 Å². The lowest BCUT2D eigenvalue weighted by Gasteiger charge is -2.05. The van der Waals surface area contributed by atoms with Crippen LogP contribution in [0.15, 0.2) is 41.1 Å². The summed E-state index contributed by atoms with van der Waals surface area (Å²) in [5, 5.41) is 0. The molecular formula is C11H14FNO2S. The smallest absolute Gasteiger partial charge is 0.139 e. The first-order chi connectivity index (χ1) is 7.63. The lowest BCUT2D eigenvalue weighted by atomic mass is 10.3. The van der Waals surface area contributed by atoms with Crippen LogP contribution < -0.4 is 10.5 Å².